The summed E-state index contributed by atoms with van der Waals surface area (Å²) in [5, 5.41) is 8.88. The van der Waals surface area contributed by atoms with Crippen LogP contribution in [0, 0.1) is 146 Å². The molecule has 0 aliphatic heterocycles. The van der Waals surface area contributed by atoms with Crippen molar-refractivity contribution < 1.29 is 88.6 Å². The zero-order chi connectivity index (χ0) is 8.27. The minimum atomic E-state index is 0. The topological polar surface area (TPSA) is 20.2 Å². The molecule has 1 nitrogen and oxygen atoms in total. The second-order valence-electron chi connectivity index (χ2n) is 3.10. The second-order valence-corrected chi connectivity index (χ2v) is 3.10. The fourth-order valence-corrected chi connectivity index (χ4v) is 0.995. The summed E-state index contributed by atoms with van der Waals surface area (Å²) in [6.45, 7) is 4.32. The largest absolute Gasteiger partial charge is 4.00 e. The molecule has 0 aliphatic carbocycles. The first-order chi connectivity index (χ1) is 5.18. The summed E-state index contributed by atoms with van der Waals surface area (Å²) in [5.74, 6) is 0.735. The van der Waals surface area contributed by atoms with E-state index in [4.69, 9.17) is 5.11 Å². The first-order valence-electron chi connectivity index (χ1n) is 3.79. The van der Waals surface area contributed by atoms with Gasteiger partial charge in [-0.2, -0.15) is 0 Å². The van der Waals surface area contributed by atoms with Gasteiger partial charge in [0.15, 0.2) is 0 Å². The summed E-state index contributed by atoms with van der Waals surface area (Å²) in [4.78, 5) is 0. The Labute approximate surface area is 192 Å². The molecule has 1 aromatic rings. The SMILES string of the molecule is CC(C)Cc1c[c-]c(O)[c-]c1.[CH3-].[CH3-].[CH3-].[CH3-].[CH3-].[CH3-].[Ce+4].[Ce+4]. The molecule has 0 bridgehead atoms. The van der Waals surface area contributed by atoms with Crippen LogP contribution in [0.15, 0.2) is 12.1 Å². The van der Waals surface area contributed by atoms with Gasteiger partial charge < -0.3 is 61.8 Å². The molecule has 0 saturated heterocycles. The molecule has 0 saturated carbocycles. The van der Waals surface area contributed by atoms with E-state index in [0.717, 1.165) is 6.42 Å². The van der Waals surface area contributed by atoms with E-state index in [1.807, 2.05) is 12.1 Å². The number of phenolic OH excluding ortho intramolecular Hbond substituents is 1. The predicted octanol–water partition coefficient (Wildman–Crippen LogP) is 4.89. The third-order valence-corrected chi connectivity index (χ3v) is 1.43. The van der Waals surface area contributed by atoms with Crippen molar-refractivity contribution in [1.29, 1.82) is 0 Å². The Bertz CT molecular complexity index is 221. The molecule has 0 aliphatic rings. The van der Waals surface area contributed by atoms with Crippen LogP contribution in [0.4, 0.5) is 0 Å². The van der Waals surface area contributed by atoms with Crippen molar-refractivity contribution in [2.24, 2.45) is 5.92 Å². The maximum Gasteiger partial charge on any atom is 4.00 e. The first-order valence-corrected chi connectivity index (χ1v) is 3.79. The average Bonchev–Trinajstić information content (AvgIpc) is 1.93. The van der Waals surface area contributed by atoms with Crippen LogP contribution in [0.3, 0.4) is 0 Å². The van der Waals surface area contributed by atoms with E-state index >= 15 is 0 Å². The molecule has 1 aromatic carbocycles. The van der Waals surface area contributed by atoms with Crippen LogP contribution in [0.25, 0.3) is 0 Å². The van der Waals surface area contributed by atoms with Crippen molar-refractivity contribution in [3.8, 4) is 5.75 Å². The zero-order valence-corrected chi connectivity index (χ0v) is 20.2. The Morgan fingerprint density at radius 1 is 0.895 bits per heavy atom. The fraction of sp³-hybridized carbons (Fsp3) is 0.250. The quantitative estimate of drug-likeness (QED) is 0.553. The van der Waals surface area contributed by atoms with Gasteiger partial charge >= 0.3 is 83.5 Å². The van der Waals surface area contributed by atoms with Crippen LogP contribution in [0.5, 0.6) is 5.75 Å². The van der Waals surface area contributed by atoms with E-state index in [1.165, 1.54) is 5.56 Å². The van der Waals surface area contributed by atoms with Crippen molar-refractivity contribution in [2.45, 2.75) is 20.3 Å². The smallest absolute Gasteiger partial charge is 0.559 e. The maximum atomic E-state index is 8.88. The summed E-state index contributed by atoms with van der Waals surface area (Å²) in [5.41, 5.74) is 1.18. The van der Waals surface area contributed by atoms with Crippen molar-refractivity contribution in [3.63, 3.8) is 0 Å². The molecule has 1 rings (SSSR count). The van der Waals surface area contributed by atoms with Gasteiger partial charge in [-0.05, 0) is 0 Å². The van der Waals surface area contributed by atoms with E-state index in [-0.39, 0.29) is 134 Å². The van der Waals surface area contributed by atoms with E-state index in [1.54, 1.807) is 0 Å². The molecule has 0 aromatic heterocycles. The van der Waals surface area contributed by atoms with Crippen LogP contribution < -0.4 is 0 Å². The number of phenols is 1. The Morgan fingerprint density at radius 2 is 1.21 bits per heavy atom. The molecule has 0 heterocycles. The van der Waals surface area contributed by atoms with Crippen molar-refractivity contribution in [3.05, 3.63) is 74.4 Å². The first kappa shape index (κ1) is 49.8. The molecular formula is C16H30Ce2O. The van der Waals surface area contributed by atoms with Gasteiger partial charge in [-0.3, -0.25) is 17.7 Å². The molecule has 108 valence electrons. The number of benzene rings is 1. The summed E-state index contributed by atoms with van der Waals surface area (Å²) in [6.07, 6.45) is 1.02. The molecule has 1 N–H and O–H groups in total. The minimum Gasteiger partial charge on any atom is -0.559 e. The standard InChI is InChI=1S/C10H12O.6CH3.2Ce/c1-8(2)7-9-3-5-10(11)6-4-9;;;;;;;;/h3-4,8,11H,7H2,1-2H3;6*1H3;;/q-2;6*-1;2*+4. The molecule has 0 spiro atoms. The third kappa shape index (κ3) is 25.1. The van der Waals surface area contributed by atoms with E-state index in [0.29, 0.717) is 5.92 Å². The van der Waals surface area contributed by atoms with E-state index < -0.39 is 0 Å². The Balaban J connectivity index is -0.0000000252. The van der Waals surface area contributed by atoms with Crippen LogP contribution in [-0.2, 0) is 6.42 Å². The maximum absolute atomic E-state index is 8.88. The Morgan fingerprint density at radius 3 is 1.47 bits per heavy atom. The molecule has 0 fully saturated rings. The van der Waals surface area contributed by atoms with Crippen LogP contribution in [0.1, 0.15) is 19.4 Å². The van der Waals surface area contributed by atoms with Crippen LogP contribution in [0.2, 0.25) is 0 Å². The molecule has 0 unspecified atom stereocenters. The molecule has 0 atom stereocenters. The number of hydrogen-bond acceptors (Lipinski definition) is 1. The fourth-order valence-electron chi connectivity index (χ4n) is 0.995. The van der Waals surface area contributed by atoms with Gasteiger partial charge in [0.2, 0.25) is 0 Å². The van der Waals surface area contributed by atoms with Crippen LogP contribution >= 0.6 is 0 Å². The van der Waals surface area contributed by atoms with Gasteiger partial charge in [-0.15, -0.1) is 12.2 Å². The molecule has 0 radical (unpaired) electrons. The average molecular weight is 519 g/mol. The number of rotatable bonds is 2. The predicted molar refractivity (Wildman–Crippen MR) is 82.8 cm³/mol. The number of aromatic hydroxyl groups is 1. The molecule has 19 heavy (non-hydrogen) atoms. The zero-order valence-electron chi connectivity index (χ0n) is 13.9. The van der Waals surface area contributed by atoms with Gasteiger partial charge in [0.25, 0.3) is 0 Å². The number of hydrogen-bond donors (Lipinski definition) is 1. The minimum absolute atomic E-state index is 0. The Hall–Kier alpha value is 1.77. The normalized spacial score (nSPS) is 6.05. The van der Waals surface area contributed by atoms with Gasteiger partial charge in [0.1, 0.15) is 0 Å². The van der Waals surface area contributed by atoms with Gasteiger partial charge in [-0.1, -0.05) is 19.8 Å². The van der Waals surface area contributed by atoms with Crippen molar-refractivity contribution in [2.75, 3.05) is 0 Å². The van der Waals surface area contributed by atoms with E-state index in [9.17, 15) is 0 Å². The summed E-state index contributed by atoms with van der Waals surface area (Å²) >= 11 is 0. The van der Waals surface area contributed by atoms with Gasteiger partial charge in [-0.25, -0.2) is 0 Å². The molecule has 0 amide bonds. The van der Waals surface area contributed by atoms with Crippen LogP contribution in [-0.4, -0.2) is 5.11 Å². The molecular weight excluding hydrogens is 488 g/mol. The summed E-state index contributed by atoms with van der Waals surface area (Å²) < 4.78 is 0. The van der Waals surface area contributed by atoms with E-state index in [2.05, 4.69) is 26.0 Å². The van der Waals surface area contributed by atoms with Gasteiger partial charge in [0.05, 0.1) is 0 Å². The summed E-state index contributed by atoms with van der Waals surface area (Å²) in [7, 11) is 0. The Kier molecular flexibility index (Phi) is 73.4. The second kappa shape index (κ2) is 28.0. The molecule has 3 heteroatoms. The van der Waals surface area contributed by atoms with Crippen molar-refractivity contribution in [1.82, 2.24) is 0 Å². The van der Waals surface area contributed by atoms with Crippen molar-refractivity contribution >= 4 is 0 Å². The van der Waals surface area contributed by atoms with Gasteiger partial charge in [0, 0.05) is 0 Å². The third-order valence-electron chi connectivity index (χ3n) is 1.43. The summed E-state index contributed by atoms with van der Waals surface area (Å²) in [6, 6.07) is 9.03. The monoisotopic (exact) mass is 518 g/mol.